The largest absolute Gasteiger partial charge is 0.345 e. The average molecular weight is 348 g/mol. The molecule has 0 aromatic carbocycles. The van der Waals surface area contributed by atoms with Gasteiger partial charge in [-0.2, -0.15) is 0 Å². The highest BCUT2D eigenvalue weighted by Gasteiger charge is 2.36. The lowest BCUT2D eigenvalue weighted by atomic mass is 10.0. The summed E-state index contributed by atoms with van der Waals surface area (Å²) >= 11 is 0. The van der Waals surface area contributed by atoms with Gasteiger partial charge in [0.05, 0.1) is 12.2 Å². The van der Waals surface area contributed by atoms with Crippen molar-refractivity contribution >= 4 is 0 Å². The van der Waals surface area contributed by atoms with Gasteiger partial charge in [0.2, 0.25) is 0 Å². The molecule has 0 aliphatic carbocycles. The molecule has 0 spiro atoms. The molecule has 0 saturated carbocycles. The fourth-order valence-electron chi connectivity index (χ4n) is 2.97. The molecule has 2 unspecified atom stereocenters. The van der Waals surface area contributed by atoms with Gasteiger partial charge in [-0.15, -0.1) is 0 Å². The van der Waals surface area contributed by atoms with Crippen molar-refractivity contribution in [1.29, 1.82) is 0 Å². The molecule has 24 heavy (non-hydrogen) atoms. The van der Waals surface area contributed by atoms with E-state index in [-0.39, 0.29) is 23.4 Å². The number of hydrogen-bond acceptors (Lipinski definition) is 6. The highest BCUT2D eigenvalue weighted by molar-refractivity contribution is 4.75. The van der Waals surface area contributed by atoms with Crippen molar-refractivity contribution in [2.45, 2.75) is 117 Å². The van der Waals surface area contributed by atoms with Crippen LogP contribution < -0.4 is 0 Å². The zero-order chi connectivity index (χ0) is 18.8. The molecule has 0 aromatic heterocycles. The molecule has 6 nitrogen and oxygen atoms in total. The Kier molecular flexibility index (Phi) is 6.87. The fourth-order valence-corrected chi connectivity index (χ4v) is 2.97. The lowest BCUT2D eigenvalue weighted by Gasteiger charge is -2.23. The molecule has 0 amide bonds. The zero-order valence-corrected chi connectivity index (χ0v) is 17.0. The van der Waals surface area contributed by atoms with E-state index >= 15 is 0 Å². The monoisotopic (exact) mass is 348 g/mol. The second kappa shape index (κ2) is 7.56. The Labute approximate surface area is 146 Å². The second-order valence-electron chi connectivity index (χ2n) is 8.92. The Hall–Kier alpha value is -0.240. The molecule has 2 fully saturated rings. The predicted octanol–water partition coefficient (Wildman–Crippen LogP) is 4.52. The van der Waals surface area contributed by atoms with Crippen molar-refractivity contribution in [3.8, 4) is 0 Å². The summed E-state index contributed by atoms with van der Waals surface area (Å²) < 4.78 is 11.2. The van der Waals surface area contributed by atoms with Crippen molar-refractivity contribution in [3.05, 3.63) is 0 Å². The molecule has 2 saturated heterocycles. The maximum absolute atomic E-state index is 5.59. The van der Waals surface area contributed by atoms with Crippen LogP contribution >= 0.6 is 0 Å². The first-order chi connectivity index (χ1) is 10.6. The van der Waals surface area contributed by atoms with Crippen molar-refractivity contribution in [2.75, 3.05) is 0 Å². The van der Waals surface area contributed by atoms with E-state index in [1.807, 2.05) is 69.2 Å². The first-order valence-electron chi connectivity index (χ1n) is 8.71. The van der Waals surface area contributed by atoms with Crippen molar-refractivity contribution in [1.82, 2.24) is 0 Å². The van der Waals surface area contributed by atoms with Crippen LogP contribution in [0.4, 0.5) is 0 Å². The molecule has 0 aromatic rings. The van der Waals surface area contributed by atoms with Gasteiger partial charge in [-0.1, -0.05) is 0 Å². The predicted molar refractivity (Wildman–Crippen MR) is 91.0 cm³/mol. The highest BCUT2D eigenvalue weighted by Crippen LogP contribution is 2.30. The molecule has 0 N–H and O–H groups in total. The summed E-state index contributed by atoms with van der Waals surface area (Å²) in [6, 6.07) is 0. The molecule has 2 heterocycles. The Morgan fingerprint density at radius 3 is 1.12 bits per heavy atom. The minimum atomic E-state index is -0.632. The van der Waals surface area contributed by atoms with E-state index in [1.54, 1.807) is 0 Å². The summed E-state index contributed by atoms with van der Waals surface area (Å²) in [7, 11) is 0. The molecule has 0 bridgehead atoms. The number of ether oxygens (including phenoxy) is 2. The van der Waals surface area contributed by atoms with Crippen LogP contribution in [0.1, 0.15) is 82.1 Å². The molecule has 0 radical (unpaired) electrons. The molecular formula is C18H36O6. The number of rotatable bonds is 0. The molecule has 6 heteroatoms. The van der Waals surface area contributed by atoms with Gasteiger partial charge in [0, 0.05) is 12.8 Å². The van der Waals surface area contributed by atoms with Gasteiger partial charge in [-0.3, -0.25) is 0 Å². The van der Waals surface area contributed by atoms with Crippen LogP contribution in [0.3, 0.4) is 0 Å². The fraction of sp³-hybridized carbons (Fsp3) is 1.00. The van der Waals surface area contributed by atoms with Gasteiger partial charge in [0.15, 0.2) is 11.6 Å². The highest BCUT2D eigenvalue weighted by atomic mass is 17.2. The van der Waals surface area contributed by atoms with Crippen LogP contribution in [0, 0.1) is 0 Å². The van der Waals surface area contributed by atoms with Crippen LogP contribution in [-0.2, 0) is 29.0 Å². The van der Waals surface area contributed by atoms with Gasteiger partial charge in [-0.25, -0.2) is 19.6 Å². The summed E-state index contributed by atoms with van der Waals surface area (Å²) in [6.45, 7) is 19.4. The van der Waals surface area contributed by atoms with Crippen molar-refractivity contribution in [2.24, 2.45) is 0 Å². The normalized spacial score (nSPS) is 34.2. The van der Waals surface area contributed by atoms with Crippen LogP contribution in [-0.4, -0.2) is 35.0 Å². The second-order valence-corrected chi connectivity index (χ2v) is 8.92. The van der Waals surface area contributed by atoms with E-state index in [0.29, 0.717) is 0 Å². The Morgan fingerprint density at radius 2 is 0.833 bits per heavy atom. The van der Waals surface area contributed by atoms with Gasteiger partial charge in [0.25, 0.3) is 0 Å². The standard InChI is InChI=1S/2C9H18O3/c2*1-7-6-8(2,3)11-12-9(4,5)10-7/h2*7H,6H2,1-5H3. The van der Waals surface area contributed by atoms with Gasteiger partial charge in [-0.05, 0) is 69.2 Å². The van der Waals surface area contributed by atoms with Crippen LogP contribution in [0.25, 0.3) is 0 Å². The van der Waals surface area contributed by atoms with E-state index in [0.717, 1.165) is 12.8 Å². The molecule has 2 rings (SSSR count). The molecule has 2 aliphatic rings. The van der Waals surface area contributed by atoms with E-state index in [4.69, 9.17) is 29.0 Å². The maximum atomic E-state index is 5.59. The topological polar surface area (TPSA) is 55.4 Å². The van der Waals surface area contributed by atoms with Gasteiger partial charge >= 0.3 is 0 Å². The minimum absolute atomic E-state index is 0.164. The Balaban J connectivity index is 0.000000240. The average Bonchev–Trinajstić information content (AvgIpc) is 2.47. The van der Waals surface area contributed by atoms with Crippen LogP contribution in [0.15, 0.2) is 0 Å². The van der Waals surface area contributed by atoms with Crippen molar-refractivity contribution in [3.63, 3.8) is 0 Å². The van der Waals surface area contributed by atoms with E-state index in [2.05, 4.69) is 0 Å². The van der Waals surface area contributed by atoms with Crippen LogP contribution in [0.2, 0.25) is 0 Å². The van der Waals surface area contributed by atoms with E-state index in [9.17, 15) is 0 Å². The Bertz CT molecular complexity index is 328. The molecule has 2 aliphatic heterocycles. The SMILES string of the molecule is CC1CC(C)(C)OOC(C)(C)O1.CC1CC(C)(C)OOC(C)(C)O1. The zero-order valence-electron chi connectivity index (χ0n) is 17.0. The van der Waals surface area contributed by atoms with E-state index < -0.39 is 11.6 Å². The lowest BCUT2D eigenvalue weighted by molar-refractivity contribution is -0.436. The minimum Gasteiger partial charge on any atom is -0.345 e. The quantitative estimate of drug-likeness (QED) is 0.600. The third kappa shape index (κ3) is 8.23. The summed E-state index contributed by atoms with van der Waals surface area (Å²) in [4.78, 5) is 20.8. The molecular weight excluding hydrogens is 312 g/mol. The Morgan fingerprint density at radius 1 is 0.542 bits per heavy atom. The first-order valence-corrected chi connectivity index (χ1v) is 8.71. The third-order valence-corrected chi connectivity index (χ3v) is 3.46. The summed E-state index contributed by atoms with van der Waals surface area (Å²) in [5.74, 6) is -1.26. The van der Waals surface area contributed by atoms with Crippen molar-refractivity contribution < 1.29 is 29.0 Å². The maximum Gasteiger partial charge on any atom is 0.196 e. The smallest absolute Gasteiger partial charge is 0.196 e. The molecule has 2 atom stereocenters. The summed E-state index contributed by atoms with van der Waals surface area (Å²) in [5.41, 5.74) is -0.514. The molecule has 144 valence electrons. The van der Waals surface area contributed by atoms with Crippen LogP contribution in [0.5, 0.6) is 0 Å². The lowest BCUT2D eigenvalue weighted by Crippen LogP contribution is -2.29. The van der Waals surface area contributed by atoms with Gasteiger partial charge in [0.1, 0.15) is 11.2 Å². The number of hydrogen-bond donors (Lipinski definition) is 0. The summed E-state index contributed by atoms with van der Waals surface area (Å²) in [5, 5.41) is 0. The third-order valence-electron chi connectivity index (χ3n) is 3.46. The van der Waals surface area contributed by atoms with Gasteiger partial charge < -0.3 is 9.47 Å². The van der Waals surface area contributed by atoms with E-state index in [1.165, 1.54) is 0 Å². The summed E-state index contributed by atoms with van der Waals surface area (Å²) in [6.07, 6.45) is 2.02. The first kappa shape index (κ1) is 21.8.